The summed E-state index contributed by atoms with van der Waals surface area (Å²) in [6.07, 6.45) is 0.223. The summed E-state index contributed by atoms with van der Waals surface area (Å²) in [5.74, 6) is -0.972. The third-order valence-electron chi connectivity index (χ3n) is 6.90. The zero-order valence-corrected chi connectivity index (χ0v) is 26.8. The monoisotopic (exact) mass is 640 g/mol. The van der Waals surface area contributed by atoms with E-state index in [1.807, 2.05) is 74.5 Å². The molecule has 42 heavy (non-hydrogen) atoms. The molecule has 2 aromatic carbocycles. The van der Waals surface area contributed by atoms with Crippen molar-refractivity contribution in [2.45, 2.75) is 39.8 Å². The quantitative estimate of drug-likeness (QED) is 0.242. The minimum Gasteiger partial charge on any atom is -0.339 e. The maximum absolute atomic E-state index is 13.3. The van der Waals surface area contributed by atoms with Crippen molar-refractivity contribution < 1.29 is 19.2 Å². The second-order valence-electron chi connectivity index (χ2n) is 9.59. The van der Waals surface area contributed by atoms with Crippen LogP contribution in [0.15, 0.2) is 70.5 Å². The van der Waals surface area contributed by atoms with E-state index < -0.39 is 11.8 Å². The molecule has 4 rings (SSSR count). The highest BCUT2D eigenvalue weighted by Gasteiger charge is 2.42. The van der Waals surface area contributed by atoms with Gasteiger partial charge in [0.1, 0.15) is 8.64 Å². The van der Waals surface area contributed by atoms with Crippen LogP contribution in [0.2, 0.25) is 0 Å². The number of thioether (sulfide) groups is 2. The first-order valence-corrected chi connectivity index (χ1v) is 16.1. The molecular formula is C30H32N4O4S4. The normalized spacial score (nSPS) is 16.9. The fourth-order valence-corrected chi connectivity index (χ4v) is 7.32. The maximum atomic E-state index is 13.3. The second kappa shape index (κ2) is 14.9. The Labute approximate surface area is 265 Å². The summed E-state index contributed by atoms with van der Waals surface area (Å²) in [6.45, 7) is 6.14. The topological polar surface area (TPSA) is 81.2 Å². The Kier molecular flexibility index (Phi) is 11.3. The molecule has 0 N–H and O–H groups in total. The third kappa shape index (κ3) is 7.66. The van der Waals surface area contributed by atoms with Gasteiger partial charge >= 0.3 is 0 Å². The van der Waals surface area contributed by atoms with Gasteiger partial charge in [-0.15, -0.1) is 0 Å². The zero-order chi connectivity index (χ0) is 30.2. The molecule has 4 amide bonds. The van der Waals surface area contributed by atoms with Crippen LogP contribution in [0.5, 0.6) is 0 Å². The summed E-state index contributed by atoms with van der Waals surface area (Å²) < 4.78 is 0.600. The summed E-state index contributed by atoms with van der Waals surface area (Å²) >= 11 is 13.0. The van der Waals surface area contributed by atoms with Gasteiger partial charge in [-0.1, -0.05) is 109 Å². The highest BCUT2D eigenvalue weighted by Crippen LogP contribution is 2.42. The van der Waals surface area contributed by atoms with Crippen LogP contribution in [0.4, 0.5) is 0 Å². The van der Waals surface area contributed by atoms with Crippen LogP contribution in [0.25, 0.3) is 0 Å². The first-order chi connectivity index (χ1) is 20.2. The number of hydrogen-bond acceptors (Lipinski definition) is 8. The van der Waals surface area contributed by atoms with E-state index in [0.717, 1.165) is 34.7 Å². The summed E-state index contributed by atoms with van der Waals surface area (Å²) in [4.78, 5) is 59.2. The average Bonchev–Trinajstić information content (AvgIpc) is 3.44. The molecule has 0 bridgehead atoms. The van der Waals surface area contributed by atoms with Gasteiger partial charge in [0.2, 0.25) is 11.8 Å². The molecule has 2 aromatic rings. The van der Waals surface area contributed by atoms with Crippen LogP contribution in [-0.2, 0) is 32.3 Å². The van der Waals surface area contributed by atoms with Crippen molar-refractivity contribution in [3.05, 3.63) is 81.6 Å². The van der Waals surface area contributed by atoms with Crippen molar-refractivity contribution >= 4 is 80.2 Å². The van der Waals surface area contributed by atoms with Gasteiger partial charge in [0.25, 0.3) is 11.8 Å². The molecule has 0 spiro atoms. The molecular weight excluding hydrogens is 609 g/mol. The van der Waals surface area contributed by atoms with E-state index in [1.54, 1.807) is 9.80 Å². The van der Waals surface area contributed by atoms with E-state index in [0.29, 0.717) is 34.8 Å². The zero-order valence-electron chi connectivity index (χ0n) is 23.5. The first-order valence-electron chi connectivity index (χ1n) is 13.7. The largest absolute Gasteiger partial charge is 0.339 e. The molecule has 0 aromatic heterocycles. The van der Waals surface area contributed by atoms with Crippen molar-refractivity contribution in [1.82, 2.24) is 19.6 Å². The van der Waals surface area contributed by atoms with Crippen molar-refractivity contribution in [2.75, 3.05) is 26.2 Å². The van der Waals surface area contributed by atoms with Gasteiger partial charge in [0.15, 0.2) is 0 Å². The number of carbonyl (C=O) groups excluding carboxylic acids is 4. The minimum absolute atomic E-state index is 0.0835. The van der Waals surface area contributed by atoms with E-state index in [4.69, 9.17) is 24.4 Å². The molecule has 2 fully saturated rings. The van der Waals surface area contributed by atoms with Crippen molar-refractivity contribution in [1.29, 1.82) is 0 Å². The summed E-state index contributed by atoms with van der Waals surface area (Å²) in [5.41, 5.74) is 2.06. The number of nitrogens with zero attached hydrogens (tertiary/aromatic N) is 4. The third-order valence-corrected chi connectivity index (χ3v) is 9.93. The molecule has 220 valence electrons. The molecule has 2 heterocycles. The first kappa shape index (κ1) is 31.9. The Morgan fingerprint density at radius 2 is 1.02 bits per heavy atom. The molecule has 0 aliphatic carbocycles. The molecule has 0 radical (unpaired) electrons. The number of amides is 4. The molecule has 2 saturated heterocycles. The Morgan fingerprint density at radius 3 is 1.36 bits per heavy atom. The van der Waals surface area contributed by atoms with E-state index in [-0.39, 0.29) is 47.6 Å². The Hall–Kier alpha value is -3.06. The molecule has 2 aliphatic rings. The van der Waals surface area contributed by atoms with E-state index in [9.17, 15) is 19.2 Å². The van der Waals surface area contributed by atoms with E-state index in [1.165, 1.54) is 9.80 Å². The summed E-state index contributed by atoms with van der Waals surface area (Å²) in [5, 5.41) is 0. The van der Waals surface area contributed by atoms with Crippen LogP contribution in [0.3, 0.4) is 0 Å². The van der Waals surface area contributed by atoms with E-state index in [2.05, 4.69) is 0 Å². The van der Waals surface area contributed by atoms with Crippen molar-refractivity contribution in [3.63, 3.8) is 0 Å². The van der Waals surface area contributed by atoms with E-state index >= 15 is 0 Å². The van der Waals surface area contributed by atoms with Crippen LogP contribution < -0.4 is 0 Å². The number of thiocarbonyl (C=S) groups is 2. The van der Waals surface area contributed by atoms with Crippen LogP contribution in [0.1, 0.15) is 37.8 Å². The Bertz CT molecular complexity index is 1300. The van der Waals surface area contributed by atoms with Gasteiger partial charge in [0.05, 0.1) is 9.81 Å². The molecule has 8 nitrogen and oxygen atoms in total. The fourth-order valence-electron chi connectivity index (χ4n) is 4.55. The molecule has 12 heteroatoms. The minimum atomic E-state index is -0.402. The molecule has 0 saturated carbocycles. The van der Waals surface area contributed by atoms with Crippen molar-refractivity contribution in [3.8, 4) is 0 Å². The summed E-state index contributed by atoms with van der Waals surface area (Å²) in [6, 6.07) is 19.4. The predicted octanol–water partition coefficient (Wildman–Crippen LogP) is 4.80. The molecule has 2 aliphatic heterocycles. The lowest BCUT2D eigenvalue weighted by molar-refractivity contribution is -0.133. The van der Waals surface area contributed by atoms with Gasteiger partial charge in [-0.2, -0.15) is 0 Å². The Balaban J connectivity index is 1.35. The number of hydrogen-bond donors (Lipinski definition) is 0. The fraction of sp³-hybridized carbons (Fsp3) is 0.333. The SMILES string of the molecule is CCN(Cc1ccccc1)C(=O)CCN1C(=O)C(=C2SC(=S)N(CCC(=O)N(CC)Cc3ccccc3)C2=O)SC1=S. The lowest BCUT2D eigenvalue weighted by Gasteiger charge is -2.22. The number of carbonyl (C=O) groups is 4. The number of rotatable bonds is 12. The van der Waals surface area contributed by atoms with Gasteiger partial charge < -0.3 is 9.80 Å². The standard InChI is InChI=1S/C30H32N4O4S4/c1-3-31(19-21-11-7-5-8-12-21)23(35)15-17-33-27(37)25(41-29(33)39)26-28(38)34(30(40)42-26)18-16-24(36)32(4-2)20-22-13-9-6-10-14-22/h5-14H,3-4,15-20H2,1-2H3. The van der Waals surface area contributed by atoms with Gasteiger partial charge in [-0.25, -0.2) is 0 Å². The van der Waals surface area contributed by atoms with Crippen molar-refractivity contribution in [2.24, 2.45) is 0 Å². The summed E-state index contributed by atoms with van der Waals surface area (Å²) in [7, 11) is 0. The van der Waals surface area contributed by atoms with Crippen LogP contribution in [-0.4, -0.2) is 78.0 Å². The smallest absolute Gasteiger partial charge is 0.267 e. The van der Waals surface area contributed by atoms with Gasteiger partial charge in [0, 0.05) is 52.1 Å². The molecule has 0 atom stereocenters. The maximum Gasteiger partial charge on any atom is 0.267 e. The second-order valence-corrected chi connectivity index (χ2v) is 12.9. The van der Waals surface area contributed by atoms with Crippen LogP contribution >= 0.6 is 48.0 Å². The highest BCUT2D eigenvalue weighted by atomic mass is 32.2. The molecule has 0 unspecified atom stereocenters. The Morgan fingerprint density at radius 1 is 0.667 bits per heavy atom. The van der Waals surface area contributed by atoms with Gasteiger partial charge in [-0.05, 0) is 25.0 Å². The predicted molar refractivity (Wildman–Crippen MR) is 175 cm³/mol. The lowest BCUT2D eigenvalue weighted by atomic mass is 10.2. The average molecular weight is 641 g/mol. The number of benzene rings is 2. The van der Waals surface area contributed by atoms with Crippen LogP contribution in [0, 0.1) is 0 Å². The van der Waals surface area contributed by atoms with Gasteiger partial charge in [-0.3, -0.25) is 29.0 Å². The lowest BCUT2D eigenvalue weighted by Crippen LogP contribution is -2.36. The highest BCUT2D eigenvalue weighted by molar-refractivity contribution is 8.29.